The van der Waals surface area contributed by atoms with Gasteiger partial charge in [-0.2, -0.15) is 0 Å². The van der Waals surface area contributed by atoms with Gasteiger partial charge in [-0.15, -0.1) is 0 Å². The summed E-state index contributed by atoms with van der Waals surface area (Å²) in [6, 6.07) is 16.7. The maximum atomic E-state index is 12.1. The summed E-state index contributed by atoms with van der Waals surface area (Å²) in [6.07, 6.45) is 0. The van der Waals surface area contributed by atoms with E-state index in [4.69, 9.17) is 16.3 Å². The molecule has 3 nitrogen and oxygen atoms in total. The Hall–Kier alpha value is -2.00. The fourth-order valence-electron chi connectivity index (χ4n) is 2.22. The van der Waals surface area contributed by atoms with Crippen LogP contribution in [0.5, 0.6) is 0 Å². The average Bonchev–Trinajstić information content (AvgIpc) is 2.52. The van der Waals surface area contributed by atoms with Gasteiger partial charge in [0, 0.05) is 16.6 Å². The van der Waals surface area contributed by atoms with Crippen molar-refractivity contribution in [2.45, 2.75) is 18.9 Å². The second-order valence-electron chi connectivity index (χ2n) is 4.85. The molecule has 0 fully saturated rings. The zero-order chi connectivity index (χ0) is 15.2. The van der Waals surface area contributed by atoms with Crippen LogP contribution in [0, 0.1) is 0 Å². The lowest BCUT2D eigenvalue weighted by Crippen LogP contribution is -2.35. The molecule has 0 aromatic heterocycles. The fourth-order valence-corrected chi connectivity index (χ4v) is 2.41. The van der Waals surface area contributed by atoms with E-state index in [1.54, 1.807) is 12.1 Å². The first-order chi connectivity index (χ1) is 10.1. The summed E-state index contributed by atoms with van der Waals surface area (Å²) in [5.41, 5.74) is 1.86. The predicted octanol–water partition coefficient (Wildman–Crippen LogP) is 4.10. The molecule has 110 valence electrons. The van der Waals surface area contributed by atoms with Gasteiger partial charge in [0.1, 0.15) is 6.04 Å². The molecule has 2 aromatic rings. The molecule has 0 saturated carbocycles. The molecule has 2 rings (SSSR count). The largest absolute Gasteiger partial charge is 0.467 e. The number of carbonyl (C=O) groups excluding carboxylic acids is 1. The molecule has 2 aromatic carbocycles. The molecule has 0 aliphatic carbocycles. The molecule has 4 heteroatoms. The summed E-state index contributed by atoms with van der Waals surface area (Å²) in [4.78, 5) is 12.1. The molecule has 2 unspecified atom stereocenters. The van der Waals surface area contributed by atoms with Gasteiger partial charge in [-0.3, -0.25) is 0 Å². The lowest BCUT2D eigenvalue weighted by atomic mass is 9.93. The van der Waals surface area contributed by atoms with Crippen LogP contribution in [-0.2, 0) is 9.53 Å². The van der Waals surface area contributed by atoms with Crippen molar-refractivity contribution in [2.75, 3.05) is 12.4 Å². The van der Waals surface area contributed by atoms with Gasteiger partial charge < -0.3 is 10.1 Å². The number of hydrogen-bond donors (Lipinski definition) is 1. The molecule has 0 amide bonds. The molecular formula is C17H18ClNO2. The molecular weight excluding hydrogens is 286 g/mol. The first-order valence-electron chi connectivity index (χ1n) is 6.76. The zero-order valence-electron chi connectivity index (χ0n) is 12.0. The summed E-state index contributed by atoms with van der Waals surface area (Å²) in [6.45, 7) is 1.99. The van der Waals surface area contributed by atoms with E-state index in [2.05, 4.69) is 5.32 Å². The molecule has 2 atom stereocenters. The Morgan fingerprint density at radius 2 is 1.86 bits per heavy atom. The highest BCUT2D eigenvalue weighted by atomic mass is 35.5. The van der Waals surface area contributed by atoms with E-state index in [1.165, 1.54) is 7.11 Å². The van der Waals surface area contributed by atoms with Crippen molar-refractivity contribution >= 4 is 23.3 Å². The van der Waals surface area contributed by atoms with Gasteiger partial charge in [-0.25, -0.2) is 4.79 Å². The third kappa shape index (κ3) is 3.99. The molecule has 0 aliphatic heterocycles. The quantitative estimate of drug-likeness (QED) is 0.845. The van der Waals surface area contributed by atoms with Crippen LogP contribution < -0.4 is 5.32 Å². The molecule has 21 heavy (non-hydrogen) atoms. The number of rotatable bonds is 5. The normalized spacial score (nSPS) is 13.3. The van der Waals surface area contributed by atoms with Gasteiger partial charge in [0.2, 0.25) is 0 Å². The smallest absolute Gasteiger partial charge is 0.328 e. The van der Waals surface area contributed by atoms with Crippen molar-refractivity contribution in [1.29, 1.82) is 0 Å². The van der Waals surface area contributed by atoms with E-state index >= 15 is 0 Å². The highest BCUT2D eigenvalue weighted by Gasteiger charge is 2.27. The van der Waals surface area contributed by atoms with Crippen molar-refractivity contribution < 1.29 is 9.53 Å². The van der Waals surface area contributed by atoms with E-state index < -0.39 is 6.04 Å². The van der Waals surface area contributed by atoms with Crippen molar-refractivity contribution in [3.63, 3.8) is 0 Å². The Bertz CT molecular complexity index is 601. The highest BCUT2D eigenvalue weighted by molar-refractivity contribution is 6.30. The first-order valence-corrected chi connectivity index (χ1v) is 7.14. The van der Waals surface area contributed by atoms with Crippen LogP contribution in [0.4, 0.5) is 5.69 Å². The molecule has 0 heterocycles. The Kier molecular flexibility index (Phi) is 5.23. The number of carbonyl (C=O) groups is 1. The number of methoxy groups -OCH3 is 1. The summed E-state index contributed by atoms with van der Waals surface area (Å²) >= 11 is 5.98. The standard InChI is InChI=1S/C17H18ClNO2/c1-12(13-7-4-3-5-8-13)16(17(20)21-2)19-15-10-6-9-14(18)11-15/h3-12,16,19H,1-2H3. The molecule has 1 N–H and O–H groups in total. The van der Waals surface area contributed by atoms with Gasteiger partial charge in [0.15, 0.2) is 0 Å². The van der Waals surface area contributed by atoms with E-state index in [9.17, 15) is 4.79 Å². The van der Waals surface area contributed by atoms with Crippen molar-refractivity contribution in [1.82, 2.24) is 0 Å². The van der Waals surface area contributed by atoms with Crippen LogP contribution in [0.2, 0.25) is 5.02 Å². The monoisotopic (exact) mass is 303 g/mol. The average molecular weight is 304 g/mol. The first kappa shape index (κ1) is 15.4. The molecule has 0 radical (unpaired) electrons. The van der Waals surface area contributed by atoms with Crippen LogP contribution in [0.1, 0.15) is 18.4 Å². The summed E-state index contributed by atoms with van der Waals surface area (Å²) < 4.78 is 4.92. The minimum Gasteiger partial charge on any atom is -0.467 e. The van der Waals surface area contributed by atoms with Gasteiger partial charge in [0.25, 0.3) is 0 Å². The van der Waals surface area contributed by atoms with Crippen LogP contribution in [0.25, 0.3) is 0 Å². The number of ether oxygens (including phenoxy) is 1. The number of nitrogens with one attached hydrogen (secondary N) is 1. The minimum absolute atomic E-state index is 0.0300. The maximum absolute atomic E-state index is 12.1. The molecule has 0 saturated heterocycles. The third-order valence-electron chi connectivity index (χ3n) is 3.43. The van der Waals surface area contributed by atoms with E-state index in [1.807, 2.05) is 49.4 Å². The number of benzene rings is 2. The van der Waals surface area contributed by atoms with E-state index in [0.717, 1.165) is 11.3 Å². The number of hydrogen-bond acceptors (Lipinski definition) is 3. The lowest BCUT2D eigenvalue weighted by molar-refractivity contribution is -0.142. The van der Waals surface area contributed by atoms with Crippen molar-refractivity contribution in [3.05, 3.63) is 65.2 Å². The Balaban J connectivity index is 2.24. The van der Waals surface area contributed by atoms with E-state index in [-0.39, 0.29) is 11.9 Å². The van der Waals surface area contributed by atoms with Crippen LogP contribution in [-0.4, -0.2) is 19.1 Å². The second-order valence-corrected chi connectivity index (χ2v) is 5.29. The maximum Gasteiger partial charge on any atom is 0.328 e. The Morgan fingerprint density at radius 1 is 1.14 bits per heavy atom. The topological polar surface area (TPSA) is 38.3 Å². The molecule has 0 aliphatic rings. The van der Waals surface area contributed by atoms with Crippen LogP contribution in [0.3, 0.4) is 0 Å². The zero-order valence-corrected chi connectivity index (χ0v) is 12.8. The highest BCUT2D eigenvalue weighted by Crippen LogP contribution is 2.24. The van der Waals surface area contributed by atoms with Gasteiger partial charge >= 0.3 is 5.97 Å². The summed E-state index contributed by atoms with van der Waals surface area (Å²) in [5, 5.41) is 3.83. The Labute approximate surface area is 129 Å². The Morgan fingerprint density at radius 3 is 2.48 bits per heavy atom. The SMILES string of the molecule is COC(=O)C(Nc1cccc(Cl)c1)C(C)c1ccccc1. The van der Waals surface area contributed by atoms with Crippen LogP contribution >= 0.6 is 11.6 Å². The number of halogens is 1. The second kappa shape index (κ2) is 7.14. The molecule has 0 bridgehead atoms. The van der Waals surface area contributed by atoms with Crippen molar-refractivity contribution in [2.24, 2.45) is 0 Å². The van der Waals surface area contributed by atoms with E-state index in [0.29, 0.717) is 5.02 Å². The predicted molar refractivity (Wildman–Crippen MR) is 85.7 cm³/mol. The third-order valence-corrected chi connectivity index (χ3v) is 3.66. The number of anilines is 1. The lowest BCUT2D eigenvalue weighted by Gasteiger charge is -2.24. The number of esters is 1. The van der Waals surface area contributed by atoms with Gasteiger partial charge in [-0.05, 0) is 23.8 Å². The summed E-state index contributed by atoms with van der Waals surface area (Å²) in [7, 11) is 1.40. The van der Waals surface area contributed by atoms with Crippen molar-refractivity contribution in [3.8, 4) is 0 Å². The van der Waals surface area contributed by atoms with Gasteiger partial charge in [0.05, 0.1) is 7.11 Å². The molecule has 0 spiro atoms. The summed E-state index contributed by atoms with van der Waals surface area (Å²) in [5.74, 6) is -0.330. The van der Waals surface area contributed by atoms with Crippen LogP contribution in [0.15, 0.2) is 54.6 Å². The van der Waals surface area contributed by atoms with Gasteiger partial charge in [-0.1, -0.05) is 54.9 Å². The minimum atomic E-state index is -0.476. The fraction of sp³-hybridized carbons (Fsp3) is 0.235.